The first-order valence-corrected chi connectivity index (χ1v) is 7.78. The molecule has 1 N–H and O–H groups in total. The van der Waals surface area contributed by atoms with Gasteiger partial charge in [-0.3, -0.25) is 4.98 Å². The number of aromatic nitrogens is 1. The lowest BCUT2D eigenvalue weighted by Crippen LogP contribution is -1.98. The number of aliphatic hydroxyl groups excluding tert-OH is 1. The van der Waals surface area contributed by atoms with E-state index in [-0.39, 0.29) is 0 Å². The Morgan fingerprint density at radius 2 is 2.05 bits per heavy atom. The Bertz CT molecular complexity index is 535. The fourth-order valence-corrected chi connectivity index (χ4v) is 3.90. The van der Waals surface area contributed by atoms with E-state index in [0.717, 1.165) is 16.1 Å². The average molecular weight is 273 g/mol. The van der Waals surface area contributed by atoms with E-state index in [0.29, 0.717) is 0 Å². The normalized spacial score (nSPS) is 16.7. The molecule has 2 aromatic heterocycles. The number of nitrogens with zero attached hydrogens (tertiary/aromatic N) is 1. The van der Waals surface area contributed by atoms with Crippen molar-refractivity contribution in [3.63, 3.8) is 0 Å². The monoisotopic (exact) mass is 273 g/mol. The minimum Gasteiger partial charge on any atom is -0.383 e. The van der Waals surface area contributed by atoms with E-state index >= 15 is 0 Å². The van der Waals surface area contributed by atoms with Crippen LogP contribution in [-0.4, -0.2) is 10.1 Å². The maximum atomic E-state index is 10.5. The predicted molar refractivity (Wildman–Crippen MR) is 78.6 cm³/mol. The smallest absolute Gasteiger partial charge is 0.115 e. The molecule has 3 heteroatoms. The molecular weight excluding hydrogens is 254 g/mol. The lowest BCUT2D eigenvalue weighted by molar-refractivity contribution is 0.223. The molecule has 0 saturated carbocycles. The molecule has 0 spiro atoms. The van der Waals surface area contributed by atoms with Gasteiger partial charge in [0.1, 0.15) is 6.10 Å². The van der Waals surface area contributed by atoms with Crippen molar-refractivity contribution in [2.45, 2.75) is 45.1 Å². The van der Waals surface area contributed by atoms with E-state index in [1.54, 1.807) is 17.5 Å². The van der Waals surface area contributed by atoms with Gasteiger partial charge < -0.3 is 5.11 Å². The third kappa shape index (κ3) is 2.72. The van der Waals surface area contributed by atoms with Gasteiger partial charge >= 0.3 is 0 Å². The van der Waals surface area contributed by atoms with Crippen LogP contribution in [0.15, 0.2) is 24.4 Å². The Hall–Kier alpha value is -1.19. The molecule has 1 aliphatic rings. The van der Waals surface area contributed by atoms with Crippen molar-refractivity contribution >= 4 is 11.3 Å². The van der Waals surface area contributed by atoms with Crippen LogP contribution in [0, 0.1) is 6.92 Å². The molecule has 1 unspecified atom stereocenters. The molecule has 2 nitrogen and oxygen atoms in total. The minimum absolute atomic E-state index is 0.523. The maximum absolute atomic E-state index is 10.5. The van der Waals surface area contributed by atoms with Gasteiger partial charge in [0.15, 0.2) is 0 Å². The van der Waals surface area contributed by atoms with Crippen molar-refractivity contribution in [2.24, 2.45) is 0 Å². The highest BCUT2D eigenvalue weighted by atomic mass is 32.1. The summed E-state index contributed by atoms with van der Waals surface area (Å²) in [4.78, 5) is 6.81. The van der Waals surface area contributed by atoms with Gasteiger partial charge in [0.05, 0.1) is 0 Å². The third-order valence-corrected chi connectivity index (χ3v) is 5.07. The number of rotatable bonds is 2. The lowest BCUT2D eigenvalue weighted by atomic mass is 10.1. The van der Waals surface area contributed by atoms with E-state index in [4.69, 9.17) is 0 Å². The molecule has 0 bridgehead atoms. The number of hydrogen-bond acceptors (Lipinski definition) is 3. The second kappa shape index (κ2) is 5.43. The van der Waals surface area contributed by atoms with Crippen LogP contribution < -0.4 is 0 Å². The Morgan fingerprint density at radius 3 is 2.84 bits per heavy atom. The quantitative estimate of drug-likeness (QED) is 0.844. The first kappa shape index (κ1) is 12.8. The van der Waals surface area contributed by atoms with Crippen molar-refractivity contribution in [3.8, 4) is 0 Å². The molecule has 1 aliphatic carbocycles. The maximum Gasteiger partial charge on any atom is 0.115 e. The molecule has 0 fully saturated rings. The zero-order chi connectivity index (χ0) is 13.2. The highest BCUT2D eigenvalue weighted by molar-refractivity contribution is 7.12. The van der Waals surface area contributed by atoms with Crippen molar-refractivity contribution in [2.75, 3.05) is 0 Å². The Kier molecular flexibility index (Phi) is 3.67. The van der Waals surface area contributed by atoms with Gasteiger partial charge in [-0.05, 0) is 50.3 Å². The van der Waals surface area contributed by atoms with Gasteiger partial charge in [-0.25, -0.2) is 0 Å². The molecule has 3 rings (SSSR count). The van der Waals surface area contributed by atoms with E-state index in [1.165, 1.54) is 42.5 Å². The topological polar surface area (TPSA) is 33.1 Å². The summed E-state index contributed by atoms with van der Waals surface area (Å²) in [6.07, 6.45) is 7.51. The lowest BCUT2D eigenvalue weighted by Gasteiger charge is -2.08. The SMILES string of the molecule is Cc1ccc(C(O)c2cc3c(s2)CCCCC3)cn1. The van der Waals surface area contributed by atoms with Crippen molar-refractivity contribution in [1.29, 1.82) is 0 Å². The largest absolute Gasteiger partial charge is 0.383 e. The molecule has 0 saturated heterocycles. The van der Waals surface area contributed by atoms with Crippen LogP contribution in [0.25, 0.3) is 0 Å². The molecule has 1 atom stereocenters. The van der Waals surface area contributed by atoms with Gasteiger partial charge in [-0.2, -0.15) is 0 Å². The Labute approximate surface area is 118 Å². The molecular formula is C16H19NOS. The van der Waals surface area contributed by atoms with Crippen LogP contribution in [0.3, 0.4) is 0 Å². The second-order valence-corrected chi connectivity index (χ2v) is 6.46. The first-order chi connectivity index (χ1) is 9.24. The average Bonchev–Trinajstić information content (AvgIpc) is 2.70. The van der Waals surface area contributed by atoms with Gasteiger partial charge in [0.2, 0.25) is 0 Å². The highest BCUT2D eigenvalue weighted by Gasteiger charge is 2.18. The number of fused-ring (bicyclic) bond motifs is 1. The zero-order valence-corrected chi connectivity index (χ0v) is 12.0. The fourth-order valence-electron chi connectivity index (χ4n) is 2.63. The van der Waals surface area contributed by atoms with Gasteiger partial charge in [-0.1, -0.05) is 12.5 Å². The van der Waals surface area contributed by atoms with Crippen molar-refractivity contribution in [3.05, 3.63) is 51.0 Å². The van der Waals surface area contributed by atoms with Crippen LogP contribution in [0.1, 0.15) is 51.9 Å². The van der Waals surface area contributed by atoms with Gasteiger partial charge in [-0.15, -0.1) is 11.3 Å². The highest BCUT2D eigenvalue weighted by Crippen LogP contribution is 2.34. The summed E-state index contributed by atoms with van der Waals surface area (Å²) in [5.74, 6) is 0. The van der Waals surface area contributed by atoms with Crippen LogP contribution in [0.5, 0.6) is 0 Å². The summed E-state index contributed by atoms with van der Waals surface area (Å²) in [5, 5.41) is 10.5. The third-order valence-electron chi connectivity index (χ3n) is 3.79. The Balaban J connectivity index is 1.87. The summed E-state index contributed by atoms with van der Waals surface area (Å²) in [6, 6.07) is 6.13. The fraction of sp³-hybridized carbons (Fsp3) is 0.438. The predicted octanol–water partition coefficient (Wildman–Crippen LogP) is 3.80. The summed E-state index contributed by atoms with van der Waals surface area (Å²) in [7, 11) is 0. The van der Waals surface area contributed by atoms with Crippen LogP contribution >= 0.6 is 11.3 Å². The molecule has 100 valence electrons. The Morgan fingerprint density at radius 1 is 1.21 bits per heavy atom. The molecule has 19 heavy (non-hydrogen) atoms. The number of aryl methyl sites for hydroxylation is 3. The van der Waals surface area contributed by atoms with Gasteiger partial charge in [0.25, 0.3) is 0 Å². The van der Waals surface area contributed by atoms with Crippen molar-refractivity contribution < 1.29 is 5.11 Å². The minimum atomic E-state index is -0.523. The zero-order valence-electron chi connectivity index (χ0n) is 11.2. The van der Waals surface area contributed by atoms with Crippen LogP contribution in [-0.2, 0) is 12.8 Å². The second-order valence-electron chi connectivity index (χ2n) is 5.29. The number of thiophene rings is 1. The van der Waals surface area contributed by atoms with Crippen molar-refractivity contribution in [1.82, 2.24) is 4.98 Å². The van der Waals surface area contributed by atoms with E-state index in [9.17, 15) is 5.11 Å². The summed E-state index contributed by atoms with van der Waals surface area (Å²) in [6.45, 7) is 1.96. The van der Waals surface area contributed by atoms with E-state index in [1.807, 2.05) is 19.1 Å². The van der Waals surface area contributed by atoms with E-state index in [2.05, 4.69) is 11.1 Å². The van der Waals surface area contributed by atoms with E-state index < -0.39 is 6.10 Å². The summed E-state index contributed by atoms with van der Waals surface area (Å²) in [5.41, 5.74) is 3.33. The molecule has 0 amide bonds. The molecule has 0 radical (unpaired) electrons. The number of pyridine rings is 1. The van der Waals surface area contributed by atoms with Crippen LogP contribution in [0.2, 0.25) is 0 Å². The standard InChI is InChI=1S/C16H19NOS/c1-11-7-8-13(10-17-11)16(18)15-9-12-5-3-2-4-6-14(12)19-15/h7-10,16,18H,2-6H2,1H3. The molecule has 0 aliphatic heterocycles. The number of aliphatic hydroxyl groups is 1. The molecule has 0 aromatic carbocycles. The number of hydrogen-bond donors (Lipinski definition) is 1. The van der Waals surface area contributed by atoms with Crippen LogP contribution in [0.4, 0.5) is 0 Å². The molecule has 2 aromatic rings. The van der Waals surface area contributed by atoms with Gasteiger partial charge in [0, 0.05) is 27.2 Å². The molecule has 2 heterocycles. The first-order valence-electron chi connectivity index (χ1n) is 6.96. The summed E-state index contributed by atoms with van der Waals surface area (Å²) < 4.78 is 0. The summed E-state index contributed by atoms with van der Waals surface area (Å²) >= 11 is 1.78.